The summed E-state index contributed by atoms with van der Waals surface area (Å²) >= 11 is 3.47. The van der Waals surface area contributed by atoms with Gasteiger partial charge in [0.05, 0.1) is 0 Å². The Labute approximate surface area is 135 Å². The third-order valence-corrected chi connectivity index (χ3v) is 3.58. The molecule has 3 N–H and O–H groups in total. The van der Waals surface area contributed by atoms with E-state index in [1.807, 2.05) is 19.1 Å². The summed E-state index contributed by atoms with van der Waals surface area (Å²) < 4.78 is 6.70. The molecule has 0 aromatic heterocycles. The van der Waals surface area contributed by atoms with Gasteiger partial charge in [0.25, 0.3) is 5.91 Å². The summed E-state index contributed by atoms with van der Waals surface area (Å²) in [6.45, 7) is 7.51. The summed E-state index contributed by atoms with van der Waals surface area (Å²) in [4.78, 5) is 11.8. The molecule has 0 aliphatic carbocycles. The molecule has 1 aromatic rings. The van der Waals surface area contributed by atoms with Gasteiger partial charge in [-0.25, -0.2) is 0 Å². The van der Waals surface area contributed by atoms with Crippen LogP contribution < -0.4 is 15.8 Å². The number of ether oxygens (including phenoxy) is 1. The molecule has 0 unspecified atom stereocenters. The van der Waals surface area contributed by atoms with E-state index < -0.39 is 0 Å². The summed E-state index contributed by atoms with van der Waals surface area (Å²) in [7, 11) is 0. The molecule has 0 atom stereocenters. The maximum absolute atomic E-state index is 11.8. The van der Waals surface area contributed by atoms with Gasteiger partial charge in [-0.3, -0.25) is 4.79 Å². The Morgan fingerprint density at radius 3 is 2.76 bits per heavy atom. The summed E-state index contributed by atoms with van der Waals surface area (Å²) in [5.41, 5.74) is 7.66. The molecule has 0 aliphatic rings. The van der Waals surface area contributed by atoms with Crippen molar-refractivity contribution in [1.29, 1.82) is 0 Å². The van der Waals surface area contributed by atoms with Crippen molar-refractivity contribution < 1.29 is 9.53 Å². The highest BCUT2D eigenvalue weighted by Gasteiger charge is 2.11. The average molecular weight is 357 g/mol. The van der Waals surface area contributed by atoms with Crippen molar-refractivity contribution in [2.45, 2.75) is 33.6 Å². The largest absolute Gasteiger partial charge is 0.483 e. The summed E-state index contributed by atoms with van der Waals surface area (Å²) in [6, 6.07) is 3.97. The van der Waals surface area contributed by atoms with Crippen LogP contribution in [0.5, 0.6) is 5.75 Å². The van der Waals surface area contributed by atoms with Gasteiger partial charge in [0, 0.05) is 11.0 Å². The van der Waals surface area contributed by atoms with Gasteiger partial charge in [-0.15, -0.1) is 0 Å². The highest BCUT2D eigenvalue weighted by atomic mass is 79.9. The lowest BCUT2D eigenvalue weighted by Gasteiger charge is -2.15. The molecule has 0 aliphatic heterocycles. The number of aryl methyl sites for hydroxylation is 1. The summed E-state index contributed by atoms with van der Waals surface area (Å²) in [5.74, 6) is 1.26. The Balaban J connectivity index is 2.60. The van der Waals surface area contributed by atoms with E-state index >= 15 is 0 Å². The quantitative estimate of drug-likeness (QED) is 0.752. The molecule has 21 heavy (non-hydrogen) atoms. The van der Waals surface area contributed by atoms with Crippen molar-refractivity contribution in [3.05, 3.63) is 27.7 Å². The fraction of sp³-hybridized carbons (Fsp3) is 0.562. The number of halogens is 1. The van der Waals surface area contributed by atoms with E-state index in [4.69, 9.17) is 10.5 Å². The summed E-state index contributed by atoms with van der Waals surface area (Å²) in [6.07, 6.45) is 1.70. The van der Waals surface area contributed by atoms with E-state index in [1.165, 1.54) is 0 Å². The number of amides is 1. The molecule has 0 fully saturated rings. The minimum atomic E-state index is -0.0864. The second-order valence-electron chi connectivity index (χ2n) is 5.57. The first-order valence-corrected chi connectivity index (χ1v) is 8.12. The van der Waals surface area contributed by atoms with Crippen LogP contribution in [0.2, 0.25) is 0 Å². The Hall–Kier alpha value is -1.07. The zero-order valence-corrected chi connectivity index (χ0v) is 14.6. The predicted octanol–water partition coefficient (Wildman–Crippen LogP) is 2.80. The summed E-state index contributed by atoms with van der Waals surface area (Å²) in [5, 5.41) is 2.87. The second-order valence-corrected chi connectivity index (χ2v) is 6.49. The third-order valence-electron chi connectivity index (χ3n) is 3.12. The monoisotopic (exact) mass is 356 g/mol. The number of carbonyl (C=O) groups is 1. The van der Waals surface area contributed by atoms with E-state index in [1.54, 1.807) is 0 Å². The van der Waals surface area contributed by atoms with Crippen molar-refractivity contribution in [2.24, 2.45) is 11.7 Å². The highest BCUT2D eigenvalue weighted by Crippen LogP contribution is 2.28. The first kappa shape index (κ1) is 18.0. The molecule has 1 amide bonds. The fourth-order valence-corrected chi connectivity index (χ4v) is 2.66. The molecule has 0 saturated carbocycles. The van der Waals surface area contributed by atoms with Gasteiger partial charge in [0.2, 0.25) is 0 Å². The van der Waals surface area contributed by atoms with E-state index in [9.17, 15) is 4.79 Å². The normalized spacial score (nSPS) is 10.8. The lowest BCUT2D eigenvalue weighted by molar-refractivity contribution is -0.123. The molecule has 0 radical (unpaired) electrons. The van der Waals surface area contributed by atoms with Crippen molar-refractivity contribution in [2.75, 3.05) is 19.7 Å². The third kappa shape index (κ3) is 6.48. The first-order chi connectivity index (χ1) is 9.93. The van der Waals surface area contributed by atoms with E-state index in [-0.39, 0.29) is 12.5 Å². The van der Waals surface area contributed by atoms with Crippen molar-refractivity contribution >= 4 is 21.8 Å². The molecule has 0 saturated heterocycles. The van der Waals surface area contributed by atoms with Crippen LogP contribution in [0.4, 0.5) is 0 Å². The van der Waals surface area contributed by atoms with Gasteiger partial charge < -0.3 is 15.8 Å². The number of rotatable bonds is 8. The zero-order chi connectivity index (χ0) is 15.8. The van der Waals surface area contributed by atoms with Crippen LogP contribution in [0.15, 0.2) is 16.6 Å². The lowest BCUT2D eigenvalue weighted by Crippen LogP contribution is -2.30. The minimum absolute atomic E-state index is 0.0398. The molecule has 118 valence electrons. The highest BCUT2D eigenvalue weighted by molar-refractivity contribution is 9.10. The Morgan fingerprint density at radius 2 is 2.14 bits per heavy atom. The standard InChI is InChI=1S/C16H25BrN2O2/c1-11(2)5-7-19-15(20)10-21-16-12(3)8-14(17)9-13(16)4-6-18/h8-9,11H,4-7,10,18H2,1-3H3,(H,19,20). The van der Waals surface area contributed by atoms with Crippen LogP contribution >= 0.6 is 15.9 Å². The molecule has 1 rings (SSSR count). The van der Waals surface area contributed by atoms with Crippen molar-refractivity contribution in [1.82, 2.24) is 5.32 Å². The maximum atomic E-state index is 11.8. The number of nitrogens with one attached hydrogen (secondary N) is 1. The lowest BCUT2D eigenvalue weighted by atomic mass is 10.1. The fourth-order valence-electron chi connectivity index (χ4n) is 2.04. The van der Waals surface area contributed by atoms with Gasteiger partial charge in [-0.1, -0.05) is 29.8 Å². The number of nitrogens with two attached hydrogens (primary N) is 1. The number of hydrogen-bond donors (Lipinski definition) is 2. The van der Waals surface area contributed by atoms with Crippen molar-refractivity contribution in [3.8, 4) is 5.75 Å². The van der Waals surface area contributed by atoms with Crippen LogP contribution in [-0.2, 0) is 11.2 Å². The Kier molecular flexibility index (Phi) is 7.75. The second kappa shape index (κ2) is 9.05. The number of benzene rings is 1. The predicted molar refractivity (Wildman–Crippen MR) is 89.6 cm³/mol. The van der Waals surface area contributed by atoms with E-state index in [0.717, 1.165) is 34.2 Å². The molecule has 1 aromatic carbocycles. The molecular formula is C16H25BrN2O2. The van der Waals surface area contributed by atoms with Crippen LogP contribution in [0, 0.1) is 12.8 Å². The Bertz CT molecular complexity index is 476. The van der Waals surface area contributed by atoms with E-state index in [2.05, 4.69) is 35.1 Å². The van der Waals surface area contributed by atoms with Gasteiger partial charge >= 0.3 is 0 Å². The number of hydrogen-bond acceptors (Lipinski definition) is 3. The van der Waals surface area contributed by atoms with Gasteiger partial charge in [0.15, 0.2) is 6.61 Å². The average Bonchev–Trinajstić information content (AvgIpc) is 2.37. The number of carbonyl (C=O) groups excluding carboxylic acids is 1. The van der Waals surface area contributed by atoms with Crippen LogP contribution in [0.1, 0.15) is 31.4 Å². The van der Waals surface area contributed by atoms with Crippen LogP contribution in [0.25, 0.3) is 0 Å². The molecule has 0 bridgehead atoms. The zero-order valence-electron chi connectivity index (χ0n) is 13.0. The molecule has 0 spiro atoms. The first-order valence-electron chi connectivity index (χ1n) is 7.32. The Morgan fingerprint density at radius 1 is 1.43 bits per heavy atom. The van der Waals surface area contributed by atoms with Crippen molar-refractivity contribution in [3.63, 3.8) is 0 Å². The van der Waals surface area contributed by atoms with E-state index in [0.29, 0.717) is 19.0 Å². The molecule has 4 nitrogen and oxygen atoms in total. The van der Waals surface area contributed by atoms with Crippen LogP contribution in [0.3, 0.4) is 0 Å². The van der Waals surface area contributed by atoms with Crippen LogP contribution in [-0.4, -0.2) is 25.6 Å². The van der Waals surface area contributed by atoms with Gasteiger partial charge in [-0.2, -0.15) is 0 Å². The van der Waals surface area contributed by atoms with Gasteiger partial charge in [-0.05, 0) is 55.5 Å². The molecule has 0 heterocycles. The molecule has 5 heteroatoms. The van der Waals surface area contributed by atoms with Gasteiger partial charge in [0.1, 0.15) is 5.75 Å². The maximum Gasteiger partial charge on any atom is 0.257 e. The molecular weight excluding hydrogens is 332 g/mol. The minimum Gasteiger partial charge on any atom is -0.483 e. The smallest absolute Gasteiger partial charge is 0.257 e. The topological polar surface area (TPSA) is 64.3 Å². The SMILES string of the molecule is Cc1cc(Br)cc(CCN)c1OCC(=O)NCCC(C)C.